The lowest BCUT2D eigenvalue weighted by molar-refractivity contribution is 0.453. The van der Waals surface area contributed by atoms with Gasteiger partial charge in [-0.15, -0.1) is 0 Å². The molecule has 64 valence electrons. The Kier molecular flexibility index (Phi) is 4.67. The maximum Gasteiger partial charge on any atom is 0.0130 e. The summed E-state index contributed by atoms with van der Waals surface area (Å²) < 4.78 is 0. The first kappa shape index (κ1) is 10.3. The van der Waals surface area contributed by atoms with Crippen molar-refractivity contribution in [3.63, 3.8) is 0 Å². The summed E-state index contributed by atoms with van der Waals surface area (Å²) in [5.41, 5.74) is 1.34. The molecule has 0 bridgehead atoms. The van der Waals surface area contributed by atoms with Gasteiger partial charge in [0.1, 0.15) is 0 Å². The van der Waals surface area contributed by atoms with Crippen LogP contribution in [-0.2, 0) is 0 Å². The minimum atomic E-state index is 0.712. The van der Waals surface area contributed by atoms with E-state index in [0.29, 0.717) is 5.92 Å². The Morgan fingerprint density at radius 2 is 2.00 bits per heavy atom. The molecule has 0 aliphatic carbocycles. The highest BCUT2D eigenvalue weighted by molar-refractivity contribution is 5.08. The van der Waals surface area contributed by atoms with E-state index >= 15 is 0 Å². The first-order chi connectivity index (χ1) is 5.07. The number of nitrogens with zero attached hydrogens (tertiary/aromatic N) is 1. The zero-order chi connectivity index (χ0) is 8.85. The normalized spacial score (nSPS) is 11.9. The minimum absolute atomic E-state index is 0.712. The molecule has 0 rings (SSSR count). The Hall–Kier alpha value is -0.720. The second-order valence-corrected chi connectivity index (χ2v) is 3.39. The van der Waals surface area contributed by atoms with E-state index in [2.05, 4.69) is 45.5 Å². The van der Waals surface area contributed by atoms with Gasteiger partial charge in [0, 0.05) is 19.8 Å². The molecule has 11 heavy (non-hydrogen) atoms. The fraction of sp³-hybridized carbons (Fsp3) is 0.600. The maximum atomic E-state index is 3.69. The molecule has 0 unspecified atom stereocenters. The molecule has 0 aliphatic rings. The molecule has 0 saturated heterocycles. The van der Waals surface area contributed by atoms with E-state index in [9.17, 15) is 0 Å². The third-order valence-electron chi connectivity index (χ3n) is 1.50. The fourth-order valence-electron chi connectivity index (χ4n) is 0.954. The lowest BCUT2D eigenvalue weighted by Gasteiger charge is -2.18. The number of hydrogen-bond donors (Lipinski definition) is 0. The summed E-state index contributed by atoms with van der Waals surface area (Å²) in [6.07, 6.45) is 5.04. The van der Waals surface area contributed by atoms with E-state index in [4.69, 9.17) is 0 Å². The van der Waals surface area contributed by atoms with Gasteiger partial charge in [-0.05, 0) is 18.4 Å². The van der Waals surface area contributed by atoms with Gasteiger partial charge in [0.2, 0.25) is 0 Å². The summed E-state index contributed by atoms with van der Waals surface area (Å²) >= 11 is 0. The predicted molar refractivity (Wildman–Crippen MR) is 51.4 cm³/mol. The highest BCUT2D eigenvalue weighted by atomic mass is 15.1. The summed E-state index contributed by atoms with van der Waals surface area (Å²) in [5.74, 6) is 0.712. The van der Waals surface area contributed by atoms with Crippen LogP contribution in [0.15, 0.2) is 24.4 Å². The molecule has 0 spiro atoms. The lowest BCUT2D eigenvalue weighted by Crippen LogP contribution is -2.12. The van der Waals surface area contributed by atoms with Gasteiger partial charge in [0.05, 0.1) is 0 Å². The van der Waals surface area contributed by atoms with Crippen molar-refractivity contribution >= 4 is 0 Å². The molecule has 0 aromatic heterocycles. The van der Waals surface area contributed by atoms with Crippen LogP contribution in [0.4, 0.5) is 0 Å². The first-order valence-electron chi connectivity index (χ1n) is 4.06. The highest BCUT2D eigenvalue weighted by Gasteiger charge is 2.01. The summed E-state index contributed by atoms with van der Waals surface area (Å²) in [6.45, 7) is 8.13. The monoisotopic (exact) mass is 153 g/mol. The zero-order valence-corrected chi connectivity index (χ0v) is 8.09. The van der Waals surface area contributed by atoms with Gasteiger partial charge in [-0.1, -0.05) is 26.5 Å². The summed E-state index contributed by atoms with van der Waals surface area (Å²) in [6, 6.07) is 0. The van der Waals surface area contributed by atoms with Crippen LogP contribution in [0.1, 0.15) is 20.3 Å². The molecule has 0 heterocycles. The van der Waals surface area contributed by atoms with Crippen molar-refractivity contribution in [1.29, 1.82) is 0 Å². The number of allylic oxidation sites excluding steroid dienone is 3. The van der Waals surface area contributed by atoms with Crippen molar-refractivity contribution in [3.8, 4) is 0 Å². The number of rotatable bonds is 4. The lowest BCUT2D eigenvalue weighted by atomic mass is 10.1. The molecular weight excluding hydrogens is 134 g/mol. The predicted octanol–water partition coefficient (Wildman–Crippen LogP) is 2.66. The van der Waals surface area contributed by atoms with E-state index < -0.39 is 0 Å². The van der Waals surface area contributed by atoms with Crippen LogP contribution < -0.4 is 0 Å². The Morgan fingerprint density at radius 1 is 1.45 bits per heavy atom. The zero-order valence-electron chi connectivity index (χ0n) is 8.09. The SMILES string of the molecule is C=C/C=C(/CC(C)C)N(C)C. The Balaban J connectivity index is 4.11. The molecule has 0 radical (unpaired) electrons. The number of hydrogen-bond acceptors (Lipinski definition) is 1. The van der Waals surface area contributed by atoms with E-state index in [0.717, 1.165) is 6.42 Å². The van der Waals surface area contributed by atoms with Gasteiger partial charge in [-0.2, -0.15) is 0 Å². The molecule has 0 aliphatic heterocycles. The van der Waals surface area contributed by atoms with Crippen LogP contribution in [0.25, 0.3) is 0 Å². The molecule has 0 N–H and O–H groups in total. The standard InChI is InChI=1S/C10H19N/c1-6-7-10(11(4)5)8-9(2)3/h6-7,9H,1,8H2,2-5H3/b10-7-. The molecule has 1 nitrogen and oxygen atoms in total. The van der Waals surface area contributed by atoms with Crippen LogP contribution >= 0.6 is 0 Å². The van der Waals surface area contributed by atoms with Crippen LogP contribution in [0.3, 0.4) is 0 Å². The van der Waals surface area contributed by atoms with Crippen molar-refractivity contribution in [3.05, 3.63) is 24.4 Å². The van der Waals surface area contributed by atoms with Gasteiger partial charge in [-0.25, -0.2) is 0 Å². The Bertz CT molecular complexity index is 143. The van der Waals surface area contributed by atoms with Crippen LogP contribution in [0, 0.1) is 5.92 Å². The molecule has 0 aromatic carbocycles. The van der Waals surface area contributed by atoms with E-state index in [1.165, 1.54) is 5.70 Å². The van der Waals surface area contributed by atoms with E-state index in [1.807, 2.05) is 6.08 Å². The van der Waals surface area contributed by atoms with Crippen molar-refractivity contribution in [2.75, 3.05) is 14.1 Å². The molecule has 0 aromatic rings. The summed E-state index contributed by atoms with van der Waals surface area (Å²) in [4.78, 5) is 2.14. The second-order valence-electron chi connectivity index (χ2n) is 3.39. The average Bonchev–Trinajstić information content (AvgIpc) is 1.86. The van der Waals surface area contributed by atoms with Gasteiger partial charge in [0.25, 0.3) is 0 Å². The quantitative estimate of drug-likeness (QED) is 0.561. The molecule has 1 heteroatoms. The van der Waals surface area contributed by atoms with Crippen molar-refractivity contribution in [2.24, 2.45) is 5.92 Å². The van der Waals surface area contributed by atoms with E-state index in [-0.39, 0.29) is 0 Å². The van der Waals surface area contributed by atoms with Crippen molar-refractivity contribution in [2.45, 2.75) is 20.3 Å². The Labute approximate surface area is 70.4 Å². The van der Waals surface area contributed by atoms with Crippen molar-refractivity contribution in [1.82, 2.24) is 4.90 Å². The largest absolute Gasteiger partial charge is 0.381 e. The van der Waals surface area contributed by atoms with Crippen molar-refractivity contribution < 1.29 is 0 Å². The average molecular weight is 153 g/mol. The molecule has 0 fully saturated rings. The fourth-order valence-corrected chi connectivity index (χ4v) is 0.954. The minimum Gasteiger partial charge on any atom is -0.381 e. The third kappa shape index (κ3) is 4.65. The molecule has 0 saturated carbocycles. The maximum absolute atomic E-state index is 3.69. The first-order valence-corrected chi connectivity index (χ1v) is 4.06. The van der Waals surface area contributed by atoms with Gasteiger partial charge < -0.3 is 4.90 Å². The molecule has 0 amide bonds. The molecular formula is C10H19N. The van der Waals surface area contributed by atoms with Gasteiger partial charge in [0.15, 0.2) is 0 Å². The van der Waals surface area contributed by atoms with Gasteiger partial charge >= 0.3 is 0 Å². The summed E-state index contributed by atoms with van der Waals surface area (Å²) in [7, 11) is 4.13. The van der Waals surface area contributed by atoms with Crippen LogP contribution in [-0.4, -0.2) is 19.0 Å². The Morgan fingerprint density at radius 3 is 2.27 bits per heavy atom. The van der Waals surface area contributed by atoms with E-state index in [1.54, 1.807) is 0 Å². The van der Waals surface area contributed by atoms with Crippen LogP contribution in [0.2, 0.25) is 0 Å². The third-order valence-corrected chi connectivity index (χ3v) is 1.50. The van der Waals surface area contributed by atoms with Crippen LogP contribution in [0.5, 0.6) is 0 Å². The topological polar surface area (TPSA) is 3.24 Å². The highest BCUT2D eigenvalue weighted by Crippen LogP contribution is 2.12. The van der Waals surface area contributed by atoms with Gasteiger partial charge in [-0.3, -0.25) is 0 Å². The molecule has 0 atom stereocenters. The smallest absolute Gasteiger partial charge is 0.0130 e. The second kappa shape index (κ2) is 5.00. The summed E-state index contributed by atoms with van der Waals surface area (Å²) in [5, 5.41) is 0.